The average molecular weight is 572 g/mol. The lowest BCUT2D eigenvalue weighted by Gasteiger charge is -2.47. The summed E-state index contributed by atoms with van der Waals surface area (Å²) in [4.78, 5) is 38.9. The maximum absolute atomic E-state index is 13.6. The standard InChI is InChI=1S/C21H23F3O13S/c1-5-12(27)33-11-8(25)18-10-6(37-38(31,32)21(22,23)24)7(16(2,3)4)17(18)9(26)13(28)35-15(17)36-20(18,14(29)34-10)19(5,11)30/h5-11,15,25-26,30H,1-4H3/t5-,6-,7+,8+,9+,10?,11+,15?,17?,18?,19-,20+/m1/s1. The van der Waals surface area contributed by atoms with E-state index in [1.54, 1.807) is 0 Å². The van der Waals surface area contributed by atoms with E-state index in [-0.39, 0.29) is 0 Å². The number of rotatable bonds is 2. The van der Waals surface area contributed by atoms with Crippen LogP contribution >= 0.6 is 0 Å². The molecule has 13 nitrogen and oxygen atoms in total. The van der Waals surface area contributed by atoms with E-state index < -0.39 is 110 Å². The van der Waals surface area contributed by atoms with Crippen molar-refractivity contribution in [3.05, 3.63) is 0 Å². The summed E-state index contributed by atoms with van der Waals surface area (Å²) in [5.41, 5.74) is -17.8. The van der Waals surface area contributed by atoms with E-state index in [0.29, 0.717) is 0 Å². The number of hydrogen-bond donors (Lipinski definition) is 3. The summed E-state index contributed by atoms with van der Waals surface area (Å²) in [6.45, 7) is 5.42. The largest absolute Gasteiger partial charge is 0.523 e. The van der Waals surface area contributed by atoms with Gasteiger partial charge in [-0.15, -0.1) is 0 Å². The van der Waals surface area contributed by atoms with Gasteiger partial charge in [0.1, 0.15) is 18.3 Å². The van der Waals surface area contributed by atoms with Crippen molar-refractivity contribution < 1.29 is 74.4 Å². The number of ether oxygens (including phenoxy) is 4. The molecule has 6 fully saturated rings. The highest BCUT2D eigenvalue weighted by Gasteiger charge is 3.05. The van der Waals surface area contributed by atoms with E-state index in [1.807, 2.05) is 0 Å². The van der Waals surface area contributed by atoms with Crippen molar-refractivity contribution in [1.29, 1.82) is 0 Å². The van der Waals surface area contributed by atoms with E-state index in [0.717, 1.165) is 6.92 Å². The van der Waals surface area contributed by atoms with Gasteiger partial charge in [0.05, 0.1) is 16.7 Å². The van der Waals surface area contributed by atoms with Crippen LogP contribution in [-0.4, -0.2) is 95.2 Å². The zero-order valence-corrected chi connectivity index (χ0v) is 20.9. The Labute approximate surface area is 212 Å². The molecule has 4 aliphatic heterocycles. The number of hydrogen-bond acceptors (Lipinski definition) is 13. The molecule has 3 N–H and O–H groups in total. The molecule has 0 radical (unpaired) electrons. The van der Waals surface area contributed by atoms with E-state index in [1.165, 1.54) is 20.8 Å². The second kappa shape index (κ2) is 6.63. The quantitative estimate of drug-likeness (QED) is 0.150. The van der Waals surface area contributed by atoms with Gasteiger partial charge in [0, 0.05) is 5.92 Å². The van der Waals surface area contributed by atoms with Gasteiger partial charge in [0.25, 0.3) is 0 Å². The zero-order chi connectivity index (χ0) is 28.4. The Kier molecular flexibility index (Phi) is 4.57. The highest BCUT2D eigenvalue weighted by atomic mass is 32.2. The fourth-order valence-corrected chi connectivity index (χ4v) is 9.14. The van der Waals surface area contributed by atoms with Crippen molar-refractivity contribution in [3.8, 4) is 0 Å². The predicted octanol–water partition coefficient (Wildman–Crippen LogP) is -1.52. The maximum atomic E-state index is 13.6. The molecule has 4 unspecified atom stereocenters. The molecule has 0 bridgehead atoms. The minimum atomic E-state index is -6.38. The molecule has 12 atom stereocenters. The number of aliphatic hydroxyl groups excluding tert-OH is 2. The van der Waals surface area contributed by atoms with Gasteiger partial charge in [-0.1, -0.05) is 20.8 Å². The summed E-state index contributed by atoms with van der Waals surface area (Å²) in [6.07, 6.45) is -12.9. The third kappa shape index (κ3) is 2.18. The van der Waals surface area contributed by atoms with E-state index in [2.05, 4.69) is 0 Å². The average Bonchev–Trinajstić information content (AvgIpc) is 3.46. The molecule has 2 spiro atoms. The van der Waals surface area contributed by atoms with E-state index >= 15 is 0 Å². The highest BCUT2D eigenvalue weighted by Crippen LogP contribution is 2.84. The Hall–Kier alpha value is -2.05. The van der Waals surface area contributed by atoms with Gasteiger partial charge >= 0.3 is 33.5 Å². The van der Waals surface area contributed by atoms with Gasteiger partial charge in [-0.05, 0) is 12.3 Å². The number of halogens is 3. The van der Waals surface area contributed by atoms with Crippen molar-refractivity contribution >= 4 is 28.0 Å². The summed E-state index contributed by atoms with van der Waals surface area (Å²) in [5.74, 6) is -7.11. The summed E-state index contributed by atoms with van der Waals surface area (Å²) in [6, 6.07) is 0. The monoisotopic (exact) mass is 572 g/mol. The van der Waals surface area contributed by atoms with Crippen LogP contribution in [0.15, 0.2) is 0 Å². The SMILES string of the molecule is C[C@@H]1C(=O)O[C@H]2[C@H](O)C34C5OC(=O)[C@@]3(OC3OC(=O)[C@H](O)C34[C@H](C(C)(C)C)[C@H]5OS(=O)(=O)C(F)(F)F)[C@@]12O. The molecule has 6 aliphatic rings. The van der Waals surface area contributed by atoms with Gasteiger partial charge < -0.3 is 34.3 Å². The molecule has 6 rings (SSSR count). The minimum Gasteiger partial charge on any atom is -0.456 e. The fraction of sp³-hybridized carbons (Fsp3) is 0.857. The Morgan fingerprint density at radius 1 is 0.974 bits per heavy atom. The van der Waals surface area contributed by atoms with Crippen molar-refractivity contribution in [2.45, 2.75) is 81.2 Å². The zero-order valence-electron chi connectivity index (χ0n) is 20.1. The molecule has 212 valence electrons. The van der Waals surface area contributed by atoms with Crippen LogP contribution in [0, 0.1) is 28.1 Å². The number of aliphatic hydroxyl groups is 3. The lowest BCUT2D eigenvalue weighted by Crippen LogP contribution is -2.67. The molecule has 38 heavy (non-hydrogen) atoms. The number of esters is 3. The number of carbonyl (C=O) groups is 3. The highest BCUT2D eigenvalue weighted by molar-refractivity contribution is 7.87. The Morgan fingerprint density at radius 2 is 1.58 bits per heavy atom. The van der Waals surface area contributed by atoms with Gasteiger partial charge in [-0.2, -0.15) is 21.6 Å². The lowest BCUT2D eigenvalue weighted by atomic mass is 9.51. The Bertz CT molecular complexity index is 1290. The maximum Gasteiger partial charge on any atom is 0.523 e. The fourth-order valence-electron chi connectivity index (χ4n) is 8.53. The topological polar surface area (TPSA) is 192 Å². The number of alkyl halides is 3. The normalized spacial score (nSPS) is 52.8. The van der Waals surface area contributed by atoms with Crippen LogP contribution in [0.4, 0.5) is 13.2 Å². The molecule has 0 aromatic heterocycles. The first kappa shape index (κ1) is 26.2. The molecule has 2 saturated carbocycles. The number of carbonyl (C=O) groups excluding carboxylic acids is 3. The van der Waals surface area contributed by atoms with Crippen LogP contribution in [0.25, 0.3) is 0 Å². The summed E-state index contributed by atoms with van der Waals surface area (Å²) >= 11 is 0. The number of fused-ring (bicyclic) bond motifs is 1. The van der Waals surface area contributed by atoms with Crippen molar-refractivity contribution in [1.82, 2.24) is 0 Å². The summed E-state index contributed by atoms with van der Waals surface area (Å²) in [5, 5.41) is 35.1. The molecule has 4 saturated heterocycles. The first-order chi connectivity index (χ1) is 17.2. The van der Waals surface area contributed by atoms with Crippen LogP contribution < -0.4 is 0 Å². The van der Waals surface area contributed by atoms with Gasteiger partial charge in [0.15, 0.2) is 17.8 Å². The van der Waals surface area contributed by atoms with Crippen molar-refractivity contribution in [3.63, 3.8) is 0 Å². The second-order valence-corrected chi connectivity index (χ2v) is 13.3. The second-order valence-electron chi connectivity index (χ2n) is 11.8. The molecular formula is C21H23F3O13S. The lowest BCUT2D eigenvalue weighted by molar-refractivity contribution is -0.240. The summed E-state index contributed by atoms with van der Waals surface area (Å²) < 4.78 is 91.4. The molecule has 0 aromatic carbocycles. The van der Waals surface area contributed by atoms with E-state index in [4.69, 9.17) is 23.1 Å². The van der Waals surface area contributed by atoms with Crippen molar-refractivity contribution in [2.75, 3.05) is 0 Å². The first-order valence-corrected chi connectivity index (χ1v) is 13.0. The Balaban J connectivity index is 1.71. The van der Waals surface area contributed by atoms with Crippen molar-refractivity contribution in [2.24, 2.45) is 28.1 Å². The van der Waals surface area contributed by atoms with Crippen LogP contribution in [0.3, 0.4) is 0 Å². The van der Waals surface area contributed by atoms with Gasteiger partial charge in [0.2, 0.25) is 11.9 Å². The van der Waals surface area contributed by atoms with E-state index in [9.17, 15) is 51.3 Å². The third-order valence-electron chi connectivity index (χ3n) is 9.45. The predicted molar refractivity (Wildman–Crippen MR) is 107 cm³/mol. The van der Waals surface area contributed by atoms with Crippen LogP contribution in [-0.2, 0) is 47.6 Å². The van der Waals surface area contributed by atoms with Gasteiger partial charge in [-0.3, -0.25) is 8.98 Å². The molecule has 0 aromatic rings. The Morgan fingerprint density at radius 3 is 2.13 bits per heavy atom. The summed E-state index contributed by atoms with van der Waals surface area (Å²) in [7, 11) is -6.38. The van der Waals surface area contributed by atoms with Crippen LogP contribution in [0.5, 0.6) is 0 Å². The molecule has 2 aliphatic carbocycles. The molecule has 17 heteroatoms. The first-order valence-electron chi connectivity index (χ1n) is 11.6. The molecular weight excluding hydrogens is 549 g/mol. The molecule has 0 amide bonds. The van der Waals surface area contributed by atoms with Gasteiger partial charge in [-0.25, -0.2) is 9.59 Å². The smallest absolute Gasteiger partial charge is 0.456 e. The van der Waals surface area contributed by atoms with Crippen LogP contribution in [0.1, 0.15) is 27.7 Å². The third-order valence-corrected chi connectivity index (χ3v) is 10.5. The minimum absolute atomic E-state index is 1.05. The van der Waals surface area contributed by atoms with Crippen LogP contribution in [0.2, 0.25) is 0 Å². The molecule has 4 heterocycles.